The van der Waals surface area contributed by atoms with Gasteiger partial charge in [0, 0.05) is 6.04 Å². The Labute approximate surface area is 117 Å². The molecule has 1 aromatic carbocycles. The monoisotopic (exact) mass is 308 g/mol. The number of rotatable bonds is 4. The van der Waals surface area contributed by atoms with E-state index in [2.05, 4.69) is 5.32 Å². The van der Waals surface area contributed by atoms with Crippen LogP contribution in [-0.4, -0.2) is 18.5 Å². The molecule has 0 atom stereocenters. The van der Waals surface area contributed by atoms with E-state index in [0.29, 0.717) is 0 Å². The van der Waals surface area contributed by atoms with Crippen LogP contribution in [0.5, 0.6) is 0 Å². The lowest BCUT2D eigenvalue weighted by atomic mass is 10.2. The Morgan fingerprint density at radius 1 is 0.905 bits per heavy atom. The van der Waals surface area contributed by atoms with Crippen LogP contribution in [0.15, 0.2) is 0 Å². The smallest absolute Gasteiger partial charge is 0.238 e. The number of nitrogens with one attached hydrogen (secondary N) is 2. The third kappa shape index (κ3) is 3.31. The van der Waals surface area contributed by atoms with Crippen LogP contribution in [0.4, 0.5) is 27.6 Å². The Morgan fingerprint density at radius 2 is 1.38 bits per heavy atom. The lowest BCUT2D eigenvalue weighted by molar-refractivity contribution is -0.115. The zero-order valence-corrected chi connectivity index (χ0v) is 10.9. The topological polar surface area (TPSA) is 41.1 Å². The number of hydrogen-bond acceptors (Lipinski definition) is 2. The maximum absolute atomic E-state index is 13.3. The number of hydrogen-bond donors (Lipinski definition) is 2. The number of carbonyl (C=O) groups excluding carboxylic acids is 1. The average molecular weight is 308 g/mol. The van der Waals surface area contributed by atoms with Crippen LogP contribution in [0.2, 0.25) is 0 Å². The van der Waals surface area contributed by atoms with Crippen LogP contribution in [0.3, 0.4) is 0 Å². The Balaban J connectivity index is 2.06. The summed E-state index contributed by atoms with van der Waals surface area (Å²) in [7, 11) is 0. The van der Waals surface area contributed by atoms with Crippen molar-refractivity contribution >= 4 is 11.6 Å². The second-order valence-corrected chi connectivity index (χ2v) is 4.86. The maximum Gasteiger partial charge on any atom is 0.238 e. The standard InChI is InChI=1S/C13H13F5N2O/c14-8-9(15)11(17)13(12(18)10(8)16)20-7(21)5-19-6-3-1-2-4-6/h6,19H,1-5H2,(H,20,21). The minimum atomic E-state index is -2.26. The number of anilines is 1. The molecule has 0 spiro atoms. The molecule has 1 aliphatic rings. The second-order valence-electron chi connectivity index (χ2n) is 4.86. The molecule has 116 valence electrons. The van der Waals surface area contributed by atoms with E-state index in [-0.39, 0.29) is 12.6 Å². The summed E-state index contributed by atoms with van der Waals surface area (Å²) in [5.41, 5.74) is -1.33. The molecule has 21 heavy (non-hydrogen) atoms. The molecule has 0 aliphatic heterocycles. The van der Waals surface area contributed by atoms with Crippen LogP contribution < -0.4 is 10.6 Å². The highest BCUT2D eigenvalue weighted by Crippen LogP contribution is 2.27. The van der Waals surface area contributed by atoms with Gasteiger partial charge in [-0.2, -0.15) is 0 Å². The van der Waals surface area contributed by atoms with Crippen LogP contribution in [0.25, 0.3) is 0 Å². The van der Waals surface area contributed by atoms with E-state index < -0.39 is 40.7 Å². The van der Waals surface area contributed by atoms with E-state index in [1.807, 2.05) is 0 Å². The van der Waals surface area contributed by atoms with Crippen LogP contribution in [0, 0.1) is 29.1 Å². The summed E-state index contributed by atoms with van der Waals surface area (Å²) in [6.07, 6.45) is 3.82. The van der Waals surface area contributed by atoms with Gasteiger partial charge in [0.15, 0.2) is 23.3 Å². The summed E-state index contributed by atoms with van der Waals surface area (Å²) in [4.78, 5) is 11.5. The molecule has 0 bridgehead atoms. The molecule has 2 N–H and O–H groups in total. The number of halogens is 5. The van der Waals surface area contributed by atoms with Crippen molar-refractivity contribution in [3.8, 4) is 0 Å². The largest absolute Gasteiger partial charge is 0.320 e. The van der Waals surface area contributed by atoms with Gasteiger partial charge in [0.05, 0.1) is 6.54 Å². The zero-order chi connectivity index (χ0) is 15.6. The zero-order valence-electron chi connectivity index (χ0n) is 10.9. The first-order valence-corrected chi connectivity index (χ1v) is 6.46. The fourth-order valence-corrected chi connectivity index (χ4v) is 2.27. The highest BCUT2D eigenvalue weighted by molar-refractivity contribution is 5.92. The SMILES string of the molecule is O=C(CNC1CCCC1)Nc1c(F)c(F)c(F)c(F)c1F. The van der Waals surface area contributed by atoms with Gasteiger partial charge < -0.3 is 10.6 Å². The average Bonchev–Trinajstić information content (AvgIpc) is 2.99. The van der Waals surface area contributed by atoms with Gasteiger partial charge in [0.1, 0.15) is 5.69 Å². The molecule has 0 saturated heterocycles. The van der Waals surface area contributed by atoms with E-state index in [1.165, 1.54) is 0 Å². The van der Waals surface area contributed by atoms with Crippen molar-refractivity contribution in [3.63, 3.8) is 0 Å². The molecule has 1 aromatic rings. The van der Waals surface area contributed by atoms with Gasteiger partial charge in [0.2, 0.25) is 11.7 Å². The Morgan fingerprint density at radius 3 is 1.90 bits per heavy atom. The van der Waals surface area contributed by atoms with Gasteiger partial charge in [-0.25, -0.2) is 22.0 Å². The molecule has 8 heteroatoms. The van der Waals surface area contributed by atoms with E-state index in [9.17, 15) is 26.7 Å². The van der Waals surface area contributed by atoms with E-state index >= 15 is 0 Å². The summed E-state index contributed by atoms with van der Waals surface area (Å²) >= 11 is 0. The van der Waals surface area contributed by atoms with Crippen molar-refractivity contribution in [3.05, 3.63) is 29.1 Å². The first-order chi connectivity index (χ1) is 9.91. The van der Waals surface area contributed by atoms with Crippen LogP contribution in [0.1, 0.15) is 25.7 Å². The van der Waals surface area contributed by atoms with Crippen molar-refractivity contribution in [1.82, 2.24) is 5.32 Å². The van der Waals surface area contributed by atoms with E-state index in [4.69, 9.17) is 0 Å². The molecule has 0 radical (unpaired) electrons. The van der Waals surface area contributed by atoms with Crippen LogP contribution in [-0.2, 0) is 4.79 Å². The first-order valence-electron chi connectivity index (χ1n) is 6.46. The highest BCUT2D eigenvalue weighted by atomic mass is 19.2. The summed E-state index contributed by atoms with van der Waals surface area (Å²) in [6.45, 7) is -0.260. The fraction of sp³-hybridized carbons (Fsp3) is 0.462. The van der Waals surface area contributed by atoms with Gasteiger partial charge in [-0.1, -0.05) is 12.8 Å². The Kier molecular flexibility index (Phi) is 4.76. The van der Waals surface area contributed by atoms with Gasteiger partial charge in [-0.3, -0.25) is 4.79 Å². The number of benzene rings is 1. The quantitative estimate of drug-likeness (QED) is 0.510. The van der Waals surface area contributed by atoms with Crippen LogP contribution >= 0.6 is 0 Å². The molecule has 3 nitrogen and oxygen atoms in total. The molecule has 0 aromatic heterocycles. The van der Waals surface area contributed by atoms with Gasteiger partial charge in [-0.05, 0) is 12.8 Å². The summed E-state index contributed by atoms with van der Waals surface area (Å²) in [5, 5.41) is 4.58. The number of carbonyl (C=O) groups is 1. The molecular formula is C13H13F5N2O. The van der Waals surface area contributed by atoms with Crippen molar-refractivity contribution in [2.24, 2.45) is 0 Å². The molecule has 2 rings (SSSR count). The lowest BCUT2D eigenvalue weighted by Gasteiger charge is -2.13. The third-order valence-electron chi connectivity index (χ3n) is 3.38. The minimum absolute atomic E-state index is 0.132. The van der Waals surface area contributed by atoms with Crippen molar-refractivity contribution in [2.75, 3.05) is 11.9 Å². The molecule has 1 saturated carbocycles. The molecule has 0 unspecified atom stereocenters. The van der Waals surface area contributed by atoms with Gasteiger partial charge in [-0.15, -0.1) is 0 Å². The van der Waals surface area contributed by atoms with E-state index in [1.54, 1.807) is 5.32 Å². The fourth-order valence-electron chi connectivity index (χ4n) is 2.27. The Hall–Kier alpha value is -1.70. The maximum atomic E-state index is 13.3. The summed E-state index contributed by atoms with van der Waals surface area (Å²) in [5.74, 6) is -11.4. The summed E-state index contributed by atoms with van der Waals surface area (Å²) < 4.78 is 65.4. The molecule has 1 aliphatic carbocycles. The number of amides is 1. The molecule has 0 heterocycles. The predicted molar refractivity (Wildman–Crippen MR) is 65.1 cm³/mol. The van der Waals surface area contributed by atoms with Crippen molar-refractivity contribution in [1.29, 1.82) is 0 Å². The second kappa shape index (κ2) is 6.38. The minimum Gasteiger partial charge on any atom is -0.320 e. The predicted octanol–water partition coefficient (Wildman–Crippen LogP) is 2.85. The lowest BCUT2D eigenvalue weighted by Crippen LogP contribution is -2.35. The molecular weight excluding hydrogens is 295 g/mol. The van der Waals surface area contributed by atoms with Crippen molar-refractivity contribution < 1.29 is 26.7 Å². The molecule has 1 amide bonds. The van der Waals surface area contributed by atoms with Crippen molar-refractivity contribution in [2.45, 2.75) is 31.7 Å². The van der Waals surface area contributed by atoms with Gasteiger partial charge in [0.25, 0.3) is 0 Å². The molecule has 1 fully saturated rings. The van der Waals surface area contributed by atoms with E-state index in [0.717, 1.165) is 25.7 Å². The Bertz CT molecular complexity index is 529. The third-order valence-corrected chi connectivity index (χ3v) is 3.38. The highest BCUT2D eigenvalue weighted by Gasteiger charge is 2.27. The normalized spacial score (nSPS) is 15.5. The van der Waals surface area contributed by atoms with Gasteiger partial charge >= 0.3 is 0 Å². The summed E-state index contributed by atoms with van der Waals surface area (Å²) in [6, 6.07) is 0.132. The first kappa shape index (κ1) is 15.7.